The predicted molar refractivity (Wildman–Crippen MR) is 194 cm³/mol. The molecule has 46 heavy (non-hydrogen) atoms. The number of amides is 1. The Hall–Kier alpha value is -1.02. The van der Waals surface area contributed by atoms with E-state index < -0.39 is 20.0 Å². The highest BCUT2D eigenvalue weighted by atomic mass is 31.2. The van der Waals surface area contributed by atoms with E-state index in [2.05, 4.69) is 31.3 Å². The van der Waals surface area contributed by atoms with Gasteiger partial charge in [-0.25, -0.2) is 4.57 Å². The summed E-state index contributed by atoms with van der Waals surface area (Å²) in [6.45, 7) is 4.72. The van der Waals surface area contributed by atoms with Gasteiger partial charge in [-0.1, -0.05) is 128 Å². The molecular formula is C37H74N2O6P+. The van der Waals surface area contributed by atoms with Gasteiger partial charge in [0.15, 0.2) is 0 Å². The van der Waals surface area contributed by atoms with Crippen molar-refractivity contribution in [1.29, 1.82) is 0 Å². The number of hydrogen-bond donors (Lipinski definition) is 3. The molecule has 9 heteroatoms. The zero-order valence-corrected chi connectivity index (χ0v) is 31.5. The molecule has 0 aliphatic carbocycles. The minimum atomic E-state index is -4.32. The van der Waals surface area contributed by atoms with Crippen LogP contribution in [0.1, 0.15) is 155 Å². The molecule has 0 aromatic carbocycles. The molecule has 0 saturated carbocycles. The maximum atomic E-state index is 12.7. The SMILES string of the molecule is CCCCCCC/C=C/C(O)C(COP(=O)(O)OCC[N+](C)(C)C)NC(=O)CCCCCCCCC/C=C\CCCCCCCC. The Morgan fingerprint density at radius 2 is 1.17 bits per heavy atom. The molecule has 0 aromatic rings. The Kier molecular flexibility index (Phi) is 29.4. The van der Waals surface area contributed by atoms with Gasteiger partial charge in [-0.2, -0.15) is 0 Å². The largest absolute Gasteiger partial charge is 0.472 e. The van der Waals surface area contributed by atoms with Crippen molar-refractivity contribution in [3.63, 3.8) is 0 Å². The second-order valence-corrected chi connectivity index (χ2v) is 15.4. The lowest BCUT2D eigenvalue weighted by atomic mass is 10.1. The Morgan fingerprint density at radius 1 is 0.717 bits per heavy atom. The number of carbonyl (C=O) groups is 1. The van der Waals surface area contributed by atoms with E-state index in [4.69, 9.17) is 9.05 Å². The first-order valence-electron chi connectivity index (χ1n) is 18.7. The highest BCUT2D eigenvalue weighted by Crippen LogP contribution is 2.43. The fourth-order valence-corrected chi connectivity index (χ4v) is 5.83. The summed E-state index contributed by atoms with van der Waals surface area (Å²) >= 11 is 0. The van der Waals surface area contributed by atoms with Crippen molar-refractivity contribution < 1.29 is 32.9 Å². The van der Waals surface area contributed by atoms with E-state index in [0.29, 0.717) is 17.4 Å². The van der Waals surface area contributed by atoms with Gasteiger partial charge in [0.25, 0.3) is 0 Å². The van der Waals surface area contributed by atoms with Crippen LogP contribution in [0.3, 0.4) is 0 Å². The summed E-state index contributed by atoms with van der Waals surface area (Å²) in [7, 11) is 1.56. The van der Waals surface area contributed by atoms with Crippen LogP contribution in [0, 0.1) is 0 Å². The van der Waals surface area contributed by atoms with Crippen molar-refractivity contribution in [2.45, 2.75) is 167 Å². The Morgan fingerprint density at radius 3 is 1.67 bits per heavy atom. The van der Waals surface area contributed by atoms with Gasteiger partial charge in [-0.15, -0.1) is 0 Å². The van der Waals surface area contributed by atoms with Gasteiger partial charge in [0, 0.05) is 6.42 Å². The van der Waals surface area contributed by atoms with Gasteiger partial charge in [0.2, 0.25) is 5.91 Å². The quantitative estimate of drug-likeness (QED) is 0.0278. The van der Waals surface area contributed by atoms with Crippen LogP contribution < -0.4 is 5.32 Å². The van der Waals surface area contributed by atoms with Crippen molar-refractivity contribution in [2.75, 3.05) is 40.9 Å². The van der Waals surface area contributed by atoms with Gasteiger partial charge >= 0.3 is 7.82 Å². The molecule has 0 aromatic heterocycles. The van der Waals surface area contributed by atoms with E-state index in [1.165, 1.54) is 96.3 Å². The average molecular weight is 674 g/mol. The lowest BCUT2D eigenvalue weighted by Gasteiger charge is -2.25. The molecule has 8 nitrogen and oxygen atoms in total. The Bertz CT molecular complexity index is 814. The number of allylic oxidation sites excluding steroid dienone is 3. The molecule has 1 amide bonds. The monoisotopic (exact) mass is 674 g/mol. The van der Waals surface area contributed by atoms with Crippen LogP contribution in [0.15, 0.2) is 24.3 Å². The van der Waals surface area contributed by atoms with Gasteiger partial charge < -0.3 is 19.8 Å². The van der Waals surface area contributed by atoms with E-state index in [1.807, 2.05) is 27.2 Å². The van der Waals surface area contributed by atoms with E-state index in [9.17, 15) is 19.4 Å². The van der Waals surface area contributed by atoms with Gasteiger partial charge in [-0.05, 0) is 44.9 Å². The number of aliphatic hydroxyl groups excluding tert-OH is 1. The number of likely N-dealkylation sites (N-methyl/N-ethyl adjacent to an activating group) is 1. The van der Waals surface area contributed by atoms with Crippen molar-refractivity contribution in [3.05, 3.63) is 24.3 Å². The molecule has 3 N–H and O–H groups in total. The van der Waals surface area contributed by atoms with E-state index in [-0.39, 0.29) is 19.1 Å². The normalized spacial score (nSPS) is 15.0. The number of hydrogen-bond acceptors (Lipinski definition) is 5. The highest BCUT2D eigenvalue weighted by molar-refractivity contribution is 7.47. The molecular weight excluding hydrogens is 599 g/mol. The van der Waals surface area contributed by atoms with Crippen LogP contribution in [-0.2, 0) is 18.4 Å². The topological polar surface area (TPSA) is 105 Å². The smallest absolute Gasteiger partial charge is 0.387 e. The minimum Gasteiger partial charge on any atom is -0.387 e. The molecule has 0 spiro atoms. The second-order valence-electron chi connectivity index (χ2n) is 13.9. The summed E-state index contributed by atoms with van der Waals surface area (Å²) in [5, 5.41) is 13.6. The fourth-order valence-electron chi connectivity index (χ4n) is 5.09. The van der Waals surface area contributed by atoms with Crippen molar-refractivity contribution >= 4 is 13.7 Å². The summed E-state index contributed by atoms with van der Waals surface area (Å²) in [5.41, 5.74) is 0. The summed E-state index contributed by atoms with van der Waals surface area (Å²) in [6, 6.07) is -0.842. The predicted octanol–water partition coefficient (Wildman–Crippen LogP) is 9.41. The van der Waals surface area contributed by atoms with Crippen LogP contribution in [0.4, 0.5) is 0 Å². The van der Waals surface area contributed by atoms with E-state index >= 15 is 0 Å². The number of nitrogens with zero attached hydrogens (tertiary/aromatic N) is 1. The van der Waals surface area contributed by atoms with Crippen LogP contribution in [0.2, 0.25) is 0 Å². The van der Waals surface area contributed by atoms with Crippen LogP contribution in [0.25, 0.3) is 0 Å². The summed E-state index contributed by atoms with van der Waals surface area (Å²) < 4.78 is 23.3. The number of phosphoric acid groups is 1. The molecule has 0 rings (SSSR count). The summed E-state index contributed by atoms with van der Waals surface area (Å²) in [6.07, 6.45) is 32.5. The maximum Gasteiger partial charge on any atom is 0.472 e. The lowest BCUT2D eigenvalue weighted by molar-refractivity contribution is -0.870. The Labute approximate surface area is 284 Å². The molecule has 0 aliphatic rings. The van der Waals surface area contributed by atoms with E-state index in [1.54, 1.807) is 6.08 Å². The number of quaternary nitrogens is 1. The molecule has 0 bridgehead atoms. The van der Waals surface area contributed by atoms with Gasteiger partial charge in [0.1, 0.15) is 13.2 Å². The first-order chi connectivity index (χ1) is 22.0. The second kappa shape index (κ2) is 30.1. The molecule has 3 unspecified atom stereocenters. The summed E-state index contributed by atoms with van der Waals surface area (Å²) in [5.74, 6) is -0.188. The fraction of sp³-hybridized carbons (Fsp3) is 0.865. The molecule has 0 aliphatic heterocycles. The molecule has 0 fully saturated rings. The average Bonchev–Trinajstić information content (AvgIpc) is 2.99. The molecule has 0 saturated heterocycles. The van der Waals surface area contributed by atoms with Crippen molar-refractivity contribution in [3.8, 4) is 0 Å². The number of carbonyl (C=O) groups excluding carboxylic acids is 1. The zero-order chi connectivity index (χ0) is 34.4. The molecule has 272 valence electrons. The molecule has 0 radical (unpaired) electrons. The van der Waals surface area contributed by atoms with E-state index in [0.717, 1.165) is 38.5 Å². The number of rotatable bonds is 33. The zero-order valence-electron chi connectivity index (χ0n) is 30.6. The van der Waals surface area contributed by atoms with Gasteiger partial charge in [0.05, 0.1) is 39.9 Å². The molecule has 3 atom stereocenters. The third kappa shape index (κ3) is 31.6. The molecule has 0 heterocycles. The first kappa shape index (κ1) is 45.0. The van der Waals surface area contributed by atoms with Crippen molar-refractivity contribution in [1.82, 2.24) is 5.32 Å². The first-order valence-corrected chi connectivity index (χ1v) is 20.2. The highest BCUT2D eigenvalue weighted by Gasteiger charge is 2.27. The number of aliphatic hydroxyl groups is 1. The van der Waals surface area contributed by atoms with Crippen LogP contribution in [-0.4, -0.2) is 73.4 Å². The van der Waals surface area contributed by atoms with Crippen LogP contribution in [0.5, 0.6) is 0 Å². The van der Waals surface area contributed by atoms with Gasteiger partial charge in [-0.3, -0.25) is 13.8 Å². The van der Waals surface area contributed by atoms with Crippen LogP contribution >= 0.6 is 7.82 Å². The minimum absolute atomic E-state index is 0.0607. The summed E-state index contributed by atoms with van der Waals surface area (Å²) in [4.78, 5) is 22.9. The third-order valence-corrected chi connectivity index (χ3v) is 9.15. The lowest BCUT2D eigenvalue weighted by Crippen LogP contribution is -2.45. The number of phosphoric ester groups is 1. The maximum absolute atomic E-state index is 12.7. The third-order valence-electron chi connectivity index (χ3n) is 8.17. The standard InChI is InChI=1S/C37H73N2O6P/c1-6-8-10-12-14-15-16-17-18-19-20-21-22-23-25-27-29-31-37(41)38-35(36(40)30-28-26-24-13-11-9-7-2)34-45-46(42,43)44-33-32-39(3,4)5/h17-18,28,30,35-36,40H,6-16,19-27,29,31-34H2,1-5H3,(H-,38,41,42,43)/p+1/b18-17-,30-28+. The van der Waals surface area contributed by atoms with Crippen molar-refractivity contribution in [2.24, 2.45) is 0 Å². The Balaban J connectivity index is 4.38. The number of nitrogens with one attached hydrogen (secondary N) is 1. The number of unbranched alkanes of at least 4 members (excludes halogenated alkanes) is 18.